The molecule has 2 N–H and O–H groups in total. The first-order chi connectivity index (χ1) is 9.81. The second-order valence-electron chi connectivity index (χ2n) is 5.78. The van der Waals surface area contributed by atoms with Gasteiger partial charge < -0.3 is 20.1 Å². The monoisotopic (exact) mass is 292 g/mol. The number of urea groups is 1. The van der Waals surface area contributed by atoms with Crippen molar-refractivity contribution < 1.29 is 19.4 Å². The lowest BCUT2D eigenvalue weighted by Gasteiger charge is -2.41. The molecule has 6 nitrogen and oxygen atoms in total. The number of benzene rings is 1. The zero-order chi connectivity index (χ0) is 15.6. The number of aromatic carboxylic acids is 1. The van der Waals surface area contributed by atoms with Gasteiger partial charge >= 0.3 is 12.0 Å². The first-order valence-corrected chi connectivity index (χ1v) is 6.81. The molecular formula is C15H20N2O4. The molecule has 21 heavy (non-hydrogen) atoms. The number of morpholine rings is 1. The zero-order valence-electron chi connectivity index (χ0n) is 12.5. The van der Waals surface area contributed by atoms with Crippen LogP contribution in [0.25, 0.3) is 0 Å². The smallest absolute Gasteiger partial charge is 0.335 e. The Morgan fingerprint density at radius 3 is 2.67 bits per heavy atom. The molecule has 0 saturated carbocycles. The SMILES string of the molecule is Cc1cc(NC(=O)N2CCOCC2(C)C)ccc1C(=O)O. The normalized spacial score (nSPS) is 17.4. The molecule has 1 aromatic carbocycles. The molecular weight excluding hydrogens is 272 g/mol. The van der Waals surface area contributed by atoms with Crippen LogP contribution in [0, 0.1) is 6.92 Å². The molecule has 1 aromatic rings. The number of nitrogens with zero attached hydrogens (tertiary/aromatic N) is 1. The summed E-state index contributed by atoms with van der Waals surface area (Å²) >= 11 is 0. The van der Waals surface area contributed by atoms with Crippen molar-refractivity contribution in [2.45, 2.75) is 26.3 Å². The largest absolute Gasteiger partial charge is 0.478 e. The van der Waals surface area contributed by atoms with Crippen molar-refractivity contribution in [1.82, 2.24) is 4.90 Å². The van der Waals surface area contributed by atoms with Crippen molar-refractivity contribution in [3.05, 3.63) is 29.3 Å². The molecule has 0 atom stereocenters. The van der Waals surface area contributed by atoms with Gasteiger partial charge in [-0.25, -0.2) is 9.59 Å². The molecule has 0 aromatic heterocycles. The minimum atomic E-state index is -0.973. The highest BCUT2D eigenvalue weighted by Crippen LogP contribution is 2.21. The standard InChI is InChI=1S/C15H20N2O4/c1-10-8-11(4-5-12(10)13(18)19)16-14(20)17-6-7-21-9-15(17,2)3/h4-5,8H,6-7,9H2,1-3H3,(H,16,20)(H,18,19). The molecule has 0 bridgehead atoms. The number of ether oxygens (including phenoxy) is 1. The van der Waals surface area contributed by atoms with Gasteiger partial charge in [0.05, 0.1) is 24.3 Å². The van der Waals surface area contributed by atoms with Crippen molar-refractivity contribution in [3.8, 4) is 0 Å². The van der Waals surface area contributed by atoms with E-state index < -0.39 is 5.97 Å². The number of carbonyl (C=O) groups excluding carboxylic acids is 1. The average molecular weight is 292 g/mol. The molecule has 2 amide bonds. The van der Waals surface area contributed by atoms with Crippen LogP contribution < -0.4 is 5.32 Å². The van der Waals surface area contributed by atoms with E-state index in [1.807, 2.05) is 13.8 Å². The van der Waals surface area contributed by atoms with E-state index in [0.717, 1.165) is 0 Å². The molecule has 1 heterocycles. The molecule has 6 heteroatoms. The minimum absolute atomic E-state index is 0.203. The summed E-state index contributed by atoms with van der Waals surface area (Å²) in [6, 6.07) is 4.56. The van der Waals surface area contributed by atoms with Crippen LogP contribution in [0.4, 0.5) is 10.5 Å². The van der Waals surface area contributed by atoms with E-state index in [4.69, 9.17) is 9.84 Å². The Morgan fingerprint density at radius 1 is 1.38 bits per heavy atom. The summed E-state index contributed by atoms with van der Waals surface area (Å²) in [5.41, 5.74) is 1.07. The highest BCUT2D eigenvalue weighted by Gasteiger charge is 2.34. The van der Waals surface area contributed by atoms with E-state index in [1.54, 1.807) is 24.0 Å². The molecule has 0 aliphatic carbocycles. The number of anilines is 1. The fourth-order valence-corrected chi connectivity index (χ4v) is 2.41. The predicted molar refractivity (Wildman–Crippen MR) is 78.8 cm³/mol. The van der Waals surface area contributed by atoms with Crippen LogP contribution in [0.2, 0.25) is 0 Å². The summed E-state index contributed by atoms with van der Waals surface area (Å²) in [7, 11) is 0. The maximum atomic E-state index is 12.4. The van der Waals surface area contributed by atoms with Gasteiger partial charge in [0.25, 0.3) is 0 Å². The van der Waals surface area contributed by atoms with Crippen molar-refractivity contribution in [1.29, 1.82) is 0 Å². The van der Waals surface area contributed by atoms with Gasteiger partial charge in [-0.1, -0.05) is 0 Å². The summed E-state index contributed by atoms with van der Waals surface area (Å²) in [4.78, 5) is 25.1. The summed E-state index contributed by atoms with van der Waals surface area (Å²) < 4.78 is 5.39. The van der Waals surface area contributed by atoms with Crippen molar-refractivity contribution in [2.75, 3.05) is 25.1 Å². The lowest BCUT2D eigenvalue weighted by Crippen LogP contribution is -2.56. The van der Waals surface area contributed by atoms with Gasteiger partial charge in [0.15, 0.2) is 0 Å². The number of amides is 2. The quantitative estimate of drug-likeness (QED) is 0.877. The van der Waals surface area contributed by atoms with E-state index in [0.29, 0.717) is 31.0 Å². The van der Waals surface area contributed by atoms with Crippen molar-refractivity contribution in [2.24, 2.45) is 0 Å². The number of rotatable bonds is 2. The van der Waals surface area contributed by atoms with E-state index in [-0.39, 0.29) is 17.1 Å². The summed E-state index contributed by atoms with van der Waals surface area (Å²) in [6.45, 7) is 7.16. The molecule has 114 valence electrons. The first kappa shape index (κ1) is 15.3. The Hall–Kier alpha value is -2.08. The third-order valence-electron chi connectivity index (χ3n) is 3.60. The van der Waals surface area contributed by atoms with Crippen molar-refractivity contribution in [3.63, 3.8) is 0 Å². The molecule has 1 aliphatic rings. The second kappa shape index (κ2) is 5.73. The number of hydrogen-bond donors (Lipinski definition) is 2. The Kier molecular flexibility index (Phi) is 4.18. The molecule has 1 fully saturated rings. The van der Waals surface area contributed by atoms with E-state index in [2.05, 4.69) is 5.32 Å². The Bertz CT molecular complexity index is 569. The van der Waals surface area contributed by atoms with Crippen LogP contribution in [0.15, 0.2) is 18.2 Å². The van der Waals surface area contributed by atoms with E-state index >= 15 is 0 Å². The molecule has 1 saturated heterocycles. The van der Waals surface area contributed by atoms with Crippen LogP contribution in [-0.2, 0) is 4.74 Å². The lowest BCUT2D eigenvalue weighted by molar-refractivity contribution is -0.0249. The first-order valence-electron chi connectivity index (χ1n) is 6.81. The molecule has 1 aliphatic heterocycles. The fourth-order valence-electron chi connectivity index (χ4n) is 2.41. The third kappa shape index (κ3) is 3.33. The zero-order valence-corrected chi connectivity index (χ0v) is 12.5. The van der Waals surface area contributed by atoms with Crippen LogP contribution in [0.3, 0.4) is 0 Å². The van der Waals surface area contributed by atoms with Gasteiger partial charge in [0.1, 0.15) is 0 Å². The number of carbonyl (C=O) groups is 2. The highest BCUT2D eigenvalue weighted by molar-refractivity contribution is 5.93. The van der Waals surface area contributed by atoms with E-state index in [9.17, 15) is 9.59 Å². The molecule has 0 unspecified atom stereocenters. The number of hydrogen-bond acceptors (Lipinski definition) is 3. The summed E-state index contributed by atoms with van der Waals surface area (Å²) in [5, 5.41) is 11.8. The number of carboxylic acid groups (broad SMARTS) is 1. The van der Waals surface area contributed by atoms with Gasteiger partial charge in [-0.15, -0.1) is 0 Å². The Balaban J connectivity index is 2.12. The van der Waals surface area contributed by atoms with Gasteiger partial charge in [-0.3, -0.25) is 0 Å². The van der Waals surface area contributed by atoms with Gasteiger partial charge in [0.2, 0.25) is 0 Å². The minimum Gasteiger partial charge on any atom is -0.478 e. The van der Waals surface area contributed by atoms with Gasteiger partial charge in [-0.2, -0.15) is 0 Å². The topological polar surface area (TPSA) is 78.9 Å². The molecule has 0 radical (unpaired) electrons. The van der Waals surface area contributed by atoms with E-state index in [1.165, 1.54) is 6.07 Å². The van der Waals surface area contributed by atoms with Gasteiger partial charge in [0, 0.05) is 12.2 Å². The summed E-state index contributed by atoms with van der Waals surface area (Å²) in [6.07, 6.45) is 0. The van der Waals surface area contributed by atoms with Crippen LogP contribution in [0.5, 0.6) is 0 Å². The molecule has 2 rings (SSSR count). The number of nitrogens with one attached hydrogen (secondary N) is 1. The van der Waals surface area contributed by atoms with Crippen LogP contribution in [0.1, 0.15) is 29.8 Å². The van der Waals surface area contributed by atoms with Crippen molar-refractivity contribution >= 4 is 17.7 Å². The van der Waals surface area contributed by atoms with Crippen LogP contribution >= 0.6 is 0 Å². The Morgan fingerprint density at radius 2 is 2.10 bits per heavy atom. The van der Waals surface area contributed by atoms with Gasteiger partial charge in [-0.05, 0) is 44.5 Å². The maximum Gasteiger partial charge on any atom is 0.335 e. The Labute approximate surface area is 123 Å². The highest BCUT2D eigenvalue weighted by atomic mass is 16.5. The average Bonchev–Trinajstić information content (AvgIpc) is 2.37. The third-order valence-corrected chi connectivity index (χ3v) is 3.60. The second-order valence-corrected chi connectivity index (χ2v) is 5.78. The van der Waals surface area contributed by atoms with Crippen LogP contribution in [-0.4, -0.2) is 47.3 Å². The fraction of sp³-hybridized carbons (Fsp3) is 0.467. The predicted octanol–water partition coefficient (Wildman–Crippen LogP) is 2.34. The number of carboxylic acids is 1. The number of aryl methyl sites for hydroxylation is 1. The lowest BCUT2D eigenvalue weighted by atomic mass is 10.0. The maximum absolute atomic E-state index is 12.4. The molecule has 0 spiro atoms. The summed E-state index contributed by atoms with van der Waals surface area (Å²) in [5.74, 6) is -0.973.